The van der Waals surface area contributed by atoms with Crippen LogP contribution in [0, 0.1) is 0 Å². The van der Waals surface area contributed by atoms with Crippen LogP contribution in [0.2, 0.25) is 0 Å². The Kier molecular flexibility index (Phi) is 4.63. The molecule has 1 aromatic rings. The van der Waals surface area contributed by atoms with Gasteiger partial charge in [0.25, 0.3) is 0 Å². The molecule has 92 valence electrons. The van der Waals surface area contributed by atoms with Gasteiger partial charge in [0.05, 0.1) is 19.5 Å². The molecule has 0 aliphatic heterocycles. The average molecular weight is 235 g/mol. The monoisotopic (exact) mass is 235 g/mol. The molecule has 0 amide bonds. The molecule has 0 N–H and O–H groups in total. The highest BCUT2D eigenvalue weighted by atomic mass is 16.5. The van der Waals surface area contributed by atoms with Gasteiger partial charge in [-0.1, -0.05) is 12.2 Å². The zero-order chi connectivity index (χ0) is 12.8. The Labute approximate surface area is 101 Å². The van der Waals surface area contributed by atoms with E-state index < -0.39 is 5.97 Å². The highest BCUT2D eigenvalue weighted by molar-refractivity contribution is 5.87. The molecule has 1 heterocycles. The topological polar surface area (TPSA) is 55.3 Å². The van der Waals surface area contributed by atoms with Crippen LogP contribution in [0.1, 0.15) is 24.3 Å². The molecule has 17 heavy (non-hydrogen) atoms. The van der Waals surface area contributed by atoms with Crippen molar-refractivity contribution in [3.05, 3.63) is 30.2 Å². The molecule has 0 unspecified atom stereocenters. The van der Waals surface area contributed by atoms with Crippen molar-refractivity contribution in [3.63, 3.8) is 0 Å². The van der Waals surface area contributed by atoms with Crippen LogP contribution in [-0.2, 0) is 4.74 Å². The van der Waals surface area contributed by atoms with Crippen molar-refractivity contribution in [2.75, 3.05) is 25.1 Å². The fourth-order valence-electron chi connectivity index (χ4n) is 1.39. The van der Waals surface area contributed by atoms with Crippen molar-refractivity contribution in [3.8, 4) is 0 Å². The van der Waals surface area contributed by atoms with Gasteiger partial charge in [-0.25, -0.2) is 9.78 Å². The van der Waals surface area contributed by atoms with Crippen LogP contribution in [0.4, 0.5) is 5.82 Å². The number of methoxy groups -OCH3 is 1. The van der Waals surface area contributed by atoms with Crippen LogP contribution >= 0.6 is 0 Å². The first-order valence-corrected chi connectivity index (χ1v) is 5.38. The number of aromatic nitrogens is 2. The van der Waals surface area contributed by atoms with E-state index in [1.807, 2.05) is 18.7 Å². The minimum atomic E-state index is -0.481. The number of hydrogen-bond donors (Lipinski definition) is 0. The van der Waals surface area contributed by atoms with E-state index in [2.05, 4.69) is 21.3 Å². The van der Waals surface area contributed by atoms with Gasteiger partial charge in [0, 0.05) is 13.1 Å². The number of rotatable bonds is 5. The lowest BCUT2D eigenvalue weighted by Crippen LogP contribution is -2.26. The molecule has 0 saturated carbocycles. The highest BCUT2D eigenvalue weighted by Gasteiger charge is 2.12. The molecule has 0 aromatic carbocycles. The Morgan fingerprint density at radius 1 is 1.53 bits per heavy atom. The van der Waals surface area contributed by atoms with Crippen LogP contribution in [0.3, 0.4) is 0 Å². The minimum Gasteiger partial charge on any atom is -0.464 e. The number of ether oxygens (including phenoxy) is 1. The van der Waals surface area contributed by atoms with Crippen LogP contribution < -0.4 is 4.90 Å². The summed E-state index contributed by atoms with van der Waals surface area (Å²) in [5.41, 5.74) is 1.24. The van der Waals surface area contributed by atoms with E-state index in [1.54, 1.807) is 6.20 Å². The molecule has 1 rings (SSSR count). The molecular formula is C12H17N3O2. The van der Waals surface area contributed by atoms with Crippen molar-refractivity contribution in [1.82, 2.24) is 9.97 Å². The Balaban J connectivity index is 2.96. The zero-order valence-electron chi connectivity index (χ0n) is 10.4. The van der Waals surface area contributed by atoms with Gasteiger partial charge in [-0.05, 0) is 13.8 Å². The van der Waals surface area contributed by atoms with Crippen LogP contribution in [0.15, 0.2) is 24.5 Å². The molecule has 0 saturated heterocycles. The predicted molar refractivity (Wildman–Crippen MR) is 66.1 cm³/mol. The maximum absolute atomic E-state index is 11.3. The Morgan fingerprint density at radius 2 is 2.24 bits per heavy atom. The first-order valence-electron chi connectivity index (χ1n) is 5.38. The Bertz CT molecular complexity index is 418. The van der Waals surface area contributed by atoms with Crippen molar-refractivity contribution >= 4 is 11.8 Å². The summed E-state index contributed by atoms with van der Waals surface area (Å²) in [7, 11) is 1.32. The lowest BCUT2D eigenvalue weighted by Gasteiger charge is -2.21. The number of esters is 1. The first kappa shape index (κ1) is 13.2. The van der Waals surface area contributed by atoms with Crippen LogP contribution in [-0.4, -0.2) is 36.1 Å². The summed E-state index contributed by atoms with van der Waals surface area (Å²) < 4.78 is 4.61. The largest absolute Gasteiger partial charge is 0.464 e. The van der Waals surface area contributed by atoms with Gasteiger partial charge in [0.15, 0.2) is 5.69 Å². The second-order valence-corrected chi connectivity index (χ2v) is 3.73. The molecule has 0 spiro atoms. The number of anilines is 1. The summed E-state index contributed by atoms with van der Waals surface area (Å²) in [5, 5.41) is 0. The summed E-state index contributed by atoms with van der Waals surface area (Å²) in [5.74, 6) is 0.170. The smallest absolute Gasteiger partial charge is 0.358 e. The van der Waals surface area contributed by atoms with Crippen LogP contribution in [0.5, 0.6) is 0 Å². The molecule has 0 bridgehead atoms. The second-order valence-electron chi connectivity index (χ2n) is 3.73. The third kappa shape index (κ3) is 3.55. The minimum absolute atomic E-state index is 0.213. The number of carbonyl (C=O) groups is 1. The molecule has 5 nitrogen and oxygen atoms in total. The van der Waals surface area contributed by atoms with E-state index in [1.165, 1.54) is 13.3 Å². The fraction of sp³-hybridized carbons (Fsp3) is 0.417. The van der Waals surface area contributed by atoms with E-state index in [0.29, 0.717) is 12.4 Å². The maximum Gasteiger partial charge on any atom is 0.358 e. The van der Waals surface area contributed by atoms with E-state index >= 15 is 0 Å². The molecule has 0 aliphatic carbocycles. The Hall–Kier alpha value is -1.91. The Morgan fingerprint density at radius 3 is 2.76 bits per heavy atom. The molecule has 0 atom stereocenters. The number of nitrogens with zero attached hydrogens (tertiary/aromatic N) is 3. The normalized spacial score (nSPS) is 9.82. The van der Waals surface area contributed by atoms with Gasteiger partial charge >= 0.3 is 5.97 Å². The molecule has 1 aromatic heterocycles. The molecule has 0 aliphatic rings. The predicted octanol–water partition coefficient (Wildman–Crippen LogP) is 1.67. The summed E-state index contributed by atoms with van der Waals surface area (Å²) in [4.78, 5) is 21.5. The average Bonchev–Trinajstić information content (AvgIpc) is 2.34. The number of hydrogen-bond acceptors (Lipinski definition) is 5. The van der Waals surface area contributed by atoms with Gasteiger partial charge in [-0.15, -0.1) is 0 Å². The van der Waals surface area contributed by atoms with E-state index in [4.69, 9.17) is 0 Å². The lowest BCUT2D eigenvalue weighted by atomic mass is 10.3. The van der Waals surface area contributed by atoms with Crippen molar-refractivity contribution in [1.29, 1.82) is 0 Å². The van der Waals surface area contributed by atoms with Gasteiger partial charge < -0.3 is 9.64 Å². The van der Waals surface area contributed by atoms with E-state index in [9.17, 15) is 4.79 Å². The summed E-state index contributed by atoms with van der Waals surface area (Å²) in [6.45, 7) is 9.27. The van der Waals surface area contributed by atoms with E-state index in [0.717, 1.165) is 12.1 Å². The van der Waals surface area contributed by atoms with Crippen molar-refractivity contribution < 1.29 is 9.53 Å². The molecule has 0 fully saturated rings. The first-order chi connectivity index (χ1) is 8.08. The quantitative estimate of drug-likeness (QED) is 0.574. The fourth-order valence-corrected chi connectivity index (χ4v) is 1.39. The van der Waals surface area contributed by atoms with Gasteiger partial charge in [0.2, 0.25) is 0 Å². The molecule has 0 radical (unpaired) electrons. The third-order valence-electron chi connectivity index (χ3n) is 2.18. The lowest BCUT2D eigenvalue weighted by molar-refractivity contribution is 0.0593. The second kappa shape index (κ2) is 5.98. The van der Waals surface area contributed by atoms with Crippen molar-refractivity contribution in [2.45, 2.75) is 13.8 Å². The van der Waals surface area contributed by atoms with Crippen LogP contribution in [0.25, 0.3) is 0 Å². The molecule has 5 heteroatoms. The van der Waals surface area contributed by atoms with Gasteiger partial charge in [-0.2, -0.15) is 0 Å². The third-order valence-corrected chi connectivity index (χ3v) is 2.18. The summed E-state index contributed by atoms with van der Waals surface area (Å²) in [6.07, 6.45) is 3.02. The highest BCUT2D eigenvalue weighted by Crippen LogP contribution is 2.11. The maximum atomic E-state index is 11.3. The van der Waals surface area contributed by atoms with E-state index in [-0.39, 0.29) is 5.69 Å². The van der Waals surface area contributed by atoms with Gasteiger partial charge in [-0.3, -0.25) is 4.98 Å². The van der Waals surface area contributed by atoms with Crippen molar-refractivity contribution in [2.24, 2.45) is 0 Å². The number of carbonyl (C=O) groups excluding carboxylic acids is 1. The zero-order valence-corrected chi connectivity index (χ0v) is 10.4. The summed E-state index contributed by atoms with van der Waals surface area (Å²) >= 11 is 0. The summed E-state index contributed by atoms with van der Waals surface area (Å²) in [6, 6.07) is 0. The van der Waals surface area contributed by atoms with Gasteiger partial charge in [0.1, 0.15) is 5.82 Å². The number of likely N-dealkylation sites (N-methyl/N-ethyl adjacent to an activating group) is 1. The SMILES string of the molecule is C=C(C)CN(CC)c1cncc(C(=O)OC)n1. The standard InChI is InChI=1S/C12H17N3O2/c1-5-15(8-9(2)3)11-7-13-6-10(14-11)12(16)17-4/h6-7H,2,5,8H2,1,3-4H3. The molecular weight excluding hydrogens is 218 g/mol.